The molecule has 1 aromatic carbocycles. The summed E-state index contributed by atoms with van der Waals surface area (Å²) in [6.07, 6.45) is 1.24. The third-order valence-corrected chi connectivity index (χ3v) is 3.74. The highest BCUT2D eigenvalue weighted by Gasteiger charge is 2.17. The number of rotatable bonds is 5. The number of hydrogen-bond donors (Lipinski definition) is 2. The fraction of sp³-hybridized carbons (Fsp3) is 0.500. The van der Waals surface area contributed by atoms with Crippen LogP contribution in [0.1, 0.15) is 31.4 Å². The predicted octanol–water partition coefficient (Wildman–Crippen LogP) is 2.54. The van der Waals surface area contributed by atoms with Gasteiger partial charge < -0.3 is 11.1 Å². The first-order valence-electron chi connectivity index (χ1n) is 6.10. The predicted molar refractivity (Wildman–Crippen MR) is 78.5 cm³/mol. The van der Waals surface area contributed by atoms with Gasteiger partial charge in [0, 0.05) is 23.0 Å². The highest BCUT2D eigenvalue weighted by atomic mass is 79.9. The summed E-state index contributed by atoms with van der Waals surface area (Å²) in [5.41, 5.74) is 7.62. The molecule has 0 saturated heterocycles. The van der Waals surface area contributed by atoms with E-state index in [2.05, 4.69) is 27.3 Å². The first kappa shape index (κ1) is 15.2. The third-order valence-electron chi connectivity index (χ3n) is 2.85. The van der Waals surface area contributed by atoms with Crippen LogP contribution in [-0.2, 0) is 11.2 Å². The first-order valence-corrected chi connectivity index (χ1v) is 6.89. The Morgan fingerprint density at radius 3 is 2.67 bits per heavy atom. The molecule has 3 nitrogen and oxygen atoms in total. The van der Waals surface area contributed by atoms with Crippen LogP contribution in [0, 0.1) is 6.92 Å². The average molecular weight is 313 g/mol. The summed E-state index contributed by atoms with van der Waals surface area (Å²) in [6.45, 7) is 6.34. The molecule has 1 aromatic rings. The van der Waals surface area contributed by atoms with Gasteiger partial charge in [-0.1, -0.05) is 28.1 Å². The SMILES string of the molecule is Cc1cc(CCC(=O)NC(C)(C)CN)ccc1Br. The van der Waals surface area contributed by atoms with Crippen LogP contribution in [0.2, 0.25) is 0 Å². The Morgan fingerprint density at radius 2 is 2.11 bits per heavy atom. The molecule has 100 valence electrons. The van der Waals surface area contributed by atoms with Crippen molar-refractivity contribution in [3.05, 3.63) is 33.8 Å². The number of carbonyl (C=O) groups is 1. The molecule has 0 aliphatic carbocycles. The molecule has 1 rings (SSSR count). The Morgan fingerprint density at radius 1 is 1.44 bits per heavy atom. The largest absolute Gasteiger partial charge is 0.350 e. The summed E-state index contributed by atoms with van der Waals surface area (Å²) in [5.74, 6) is 0.0472. The molecule has 0 bridgehead atoms. The van der Waals surface area contributed by atoms with Crippen molar-refractivity contribution in [2.75, 3.05) is 6.54 Å². The summed E-state index contributed by atoms with van der Waals surface area (Å²) < 4.78 is 1.10. The summed E-state index contributed by atoms with van der Waals surface area (Å²) in [4.78, 5) is 11.8. The smallest absolute Gasteiger partial charge is 0.220 e. The minimum Gasteiger partial charge on any atom is -0.350 e. The van der Waals surface area contributed by atoms with Crippen LogP contribution < -0.4 is 11.1 Å². The van der Waals surface area contributed by atoms with Gasteiger partial charge in [-0.05, 0) is 44.4 Å². The molecule has 0 heterocycles. The van der Waals surface area contributed by atoms with Crippen LogP contribution in [0.5, 0.6) is 0 Å². The zero-order chi connectivity index (χ0) is 13.8. The van der Waals surface area contributed by atoms with Crippen molar-refractivity contribution >= 4 is 21.8 Å². The van der Waals surface area contributed by atoms with Gasteiger partial charge in [-0.3, -0.25) is 4.79 Å². The molecule has 0 aliphatic heterocycles. The van der Waals surface area contributed by atoms with Crippen molar-refractivity contribution in [3.63, 3.8) is 0 Å². The standard InChI is InChI=1S/C14H21BrN2O/c1-10-8-11(4-6-12(10)15)5-7-13(18)17-14(2,3)9-16/h4,6,8H,5,7,9,16H2,1-3H3,(H,17,18). The maximum atomic E-state index is 11.8. The second-order valence-electron chi connectivity index (χ2n) is 5.22. The molecule has 0 radical (unpaired) electrons. The third kappa shape index (κ3) is 4.78. The highest BCUT2D eigenvalue weighted by molar-refractivity contribution is 9.10. The maximum absolute atomic E-state index is 11.8. The molecule has 0 atom stereocenters. The van der Waals surface area contributed by atoms with E-state index in [4.69, 9.17) is 5.73 Å². The monoisotopic (exact) mass is 312 g/mol. The minimum atomic E-state index is -0.327. The van der Waals surface area contributed by atoms with Gasteiger partial charge in [-0.2, -0.15) is 0 Å². The molecule has 0 unspecified atom stereocenters. The van der Waals surface area contributed by atoms with Crippen LogP contribution in [0.4, 0.5) is 0 Å². The molecular weight excluding hydrogens is 292 g/mol. The Hall–Kier alpha value is -0.870. The summed E-state index contributed by atoms with van der Waals surface area (Å²) >= 11 is 3.47. The number of nitrogens with two attached hydrogens (primary N) is 1. The van der Waals surface area contributed by atoms with Crippen molar-refractivity contribution in [2.45, 2.75) is 39.2 Å². The van der Waals surface area contributed by atoms with E-state index in [0.29, 0.717) is 13.0 Å². The minimum absolute atomic E-state index is 0.0472. The summed E-state index contributed by atoms with van der Waals surface area (Å²) in [5, 5.41) is 2.93. The number of aryl methyl sites for hydroxylation is 2. The summed E-state index contributed by atoms with van der Waals surface area (Å²) in [7, 11) is 0. The summed E-state index contributed by atoms with van der Waals surface area (Å²) in [6, 6.07) is 6.16. The molecular formula is C14H21BrN2O. The van der Waals surface area contributed by atoms with Crippen LogP contribution >= 0.6 is 15.9 Å². The number of hydrogen-bond acceptors (Lipinski definition) is 2. The van der Waals surface area contributed by atoms with E-state index in [-0.39, 0.29) is 11.4 Å². The van der Waals surface area contributed by atoms with E-state index in [1.165, 1.54) is 11.1 Å². The van der Waals surface area contributed by atoms with Crippen molar-refractivity contribution in [1.29, 1.82) is 0 Å². The van der Waals surface area contributed by atoms with Crippen molar-refractivity contribution < 1.29 is 4.79 Å². The molecule has 0 spiro atoms. The van der Waals surface area contributed by atoms with E-state index in [0.717, 1.165) is 10.9 Å². The fourth-order valence-corrected chi connectivity index (χ4v) is 1.86. The number of halogens is 1. The van der Waals surface area contributed by atoms with Gasteiger partial charge in [0.15, 0.2) is 0 Å². The van der Waals surface area contributed by atoms with Gasteiger partial charge in [0.1, 0.15) is 0 Å². The molecule has 1 amide bonds. The normalized spacial score (nSPS) is 11.4. The number of nitrogens with one attached hydrogen (secondary N) is 1. The second kappa shape index (κ2) is 6.34. The van der Waals surface area contributed by atoms with Gasteiger partial charge in [0.2, 0.25) is 5.91 Å². The van der Waals surface area contributed by atoms with Gasteiger partial charge in [0.05, 0.1) is 0 Å². The zero-order valence-corrected chi connectivity index (χ0v) is 12.8. The highest BCUT2D eigenvalue weighted by Crippen LogP contribution is 2.17. The van der Waals surface area contributed by atoms with E-state index in [1.54, 1.807) is 0 Å². The molecule has 0 fully saturated rings. The van der Waals surface area contributed by atoms with E-state index in [9.17, 15) is 4.79 Å². The Kier molecular flexibility index (Phi) is 5.35. The topological polar surface area (TPSA) is 55.1 Å². The van der Waals surface area contributed by atoms with Gasteiger partial charge in [-0.25, -0.2) is 0 Å². The van der Waals surface area contributed by atoms with Crippen LogP contribution in [0.3, 0.4) is 0 Å². The lowest BCUT2D eigenvalue weighted by Crippen LogP contribution is -2.48. The molecule has 0 saturated carbocycles. The number of benzene rings is 1. The first-order chi connectivity index (χ1) is 8.34. The Labute approximate surface area is 117 Å². The Bertz CT molecular complexity index is 430. The lowest BCUT2D eigenvalue weighted by molar-refractivity contribution is -0.122. The van der Waals surface area contributed by atoms with E-state index in [1.807, 2.05) is 32.9 Å². The number of carbonyl (C=O) groups excluding carboxylic acids is 1. The van der Waals surface area contributed by atoms with Crippen LogP contribution in [0.25, 0.3) is 0 Å². The van der Waals surface area contributed by atoms with Crippen molar-refractivity contribution in [2.24, 2.45) is 5.73 Å². The molecule has 3 N–H and O–H groups in total. The molecule has 0 aliphatic rings. The quantitative estimate of drug-likeness (QED) is 0.878. The van der Waals surface area contributed by atoms with Gasteiger partial charge >= 0.3 is 0 Å². The second-order valence-corrected chi connectivity index (χ2v) is 6.07. The average Bonchev–Trinajstić information content (AvgIpc) is 2.30. The molecule has 4 heteroatoms. The van der Waals surface area contributed by atoms with Crippen molar-refractivity contribution in [1.82, 2.24) is 5.32 Å². The number of amides is 1. The molecule has 18 heavy (non-hydrogen) atoms. The lowest BCUT2D eigenvalue weighted by Gasteiger charge is -2.24. The lowest BCUT2D eigenvalue weighted by atomic mass is 10.0. The van der Waals surface area contributed by atoms with E-state index < -0.39 is 0 Å². The van der Waals surface area contributed by atoms with E-state index >= 15 is 0 Å². The fourth-order valence-electron chi connectivity index (χ4n) is 1.61. The van der Waals surface area contributed by atoms with Gasteiger partial charge in [-0.15, -0.1) is 0 Å². The Balaban J connectivity index is 2.50. The molecule has 0 aromatic heterocycles. The maximum Gasteiger partial charge on any atom is 0.220 e. The zero-order valence-electron chi connectivity index (χ0n) is 11.2. The van der Waals surface area contributed by atoms with Gasteiger partial charge in [0.25, 0.3) is 0 Å². The van der Waals surface area contributed by atoms with Crippen molar-refractivity contribution in [3.8, 4) is 0 Å². The van der Waals surface area contributed by atoms with Crippen LogP contribution in [-0.4, -0.2) is 18.0 Å². The van der Waals surface area contributed by atoms with Crippen LogP contribution in [0.15, 0.2) is 22.7 Å².